The lowest BCUT2D eigenvalue weighted by Crippen LogP contribution is -2.52. The van der Waals surface area contributed by atoms with Gasteiger partial charge in [-0.15, -0.1) is 0 Å². The zero-order valence-corrected chi connectivity index (χ0v) is 17.9. The molecule has 1 fully saturated rings. The van der Waals surface area contributed by atoms with Gasteiger partial charge >= 0.3 is 0 Å². The molecule has 0 saturated carbocycles. The van der Waals surface area contributed by atoms with E-state index in [0.717, 1.165) is 0 Å². The zero-order valence-electron chi connectivity index (χ0n) is 17.9. The Morgan fingerprint density at radius 3 is 2.53 bits per heavy atom. The lowest BCUT2D eigenvalue weighted by atomic mass is 9.82. The van der Waals surface area contributed by atoms with E-state index in [1.54, 1.807) is 30.2 Å². The van der Waals surface area contributed by atoms with Crippen molar-refractivity contribution < 1.29 is 28.2 Å². The Labute approximate surface area is 185 Å². The number of likely N-dealkylation sites (tertiary alicyclic amines) is 1. The van der Waals surface area contributed by atoms with Gasteiger partial charge in [0.25, 0.3) is 0 Å². The molecule has 0 unspecified atom stereocenters. The summed E-state index contributed by atoms with van der Waals surface area (Å²) in [5.74, 6) is 0.392. The first-order valence-electron chi connectivity index (χ1n) is 10.6. The number of carbonyl (C=O) groups is 3. The molecule has 0 aromatic heterocycles. The van der Waals surface area contributed by atoms with Gasteiger partial charge < -0.3 is 19.7 Å². The van der Waals surface area contributed by atoms with E-state index in [0.29, 0.717) is 48.7 Å². The highest BCUT2D eigenvalue weighted by molar-refractivity contribution is 6.00. The number of anilines is 1. The molecule has 4 rings (SSSR count). The van der Waals surface area contributed by atoms with Gasteiger partial charge in [0.1, 0.15) is 22.9 Å². The number of hydrogen-bond acceptors (Lipinski definition) is 5. The van der Waals surface area contributed by atoms with Crippen LogP contribution in [0.1, 0.15) is 42.5 Å². The maximum absolute atomic E-state index is 12.9. The van der Waals surface area contributed by atoms with Crippen molar-refractivity contribution in [2.75, 3.05) is 25.5 Å². The van der Waals surface area contributed by atoms with Crippen LogP contribution < -0.4 is 14.8 Å². The van der Waals surface area contributed by atoms with Crippen LogP contribution in [0.25, 0.3) is 0 Å². The number of amides is 2. The second kappa shape index (κ2) is 8.98. The first-order valence-corrected chi connectivity index (χ1v) is 10.6. The SMILES string of the molecule is COc1ccc2c(c1)C(=O)CC1(CCN(C(=O)CCC(=O)Nc3ccc(F)cc3)CC1)O2. The molecule has 1 N–H and O–H groups in total. The molecule has 0 bridgehead atoms. The van der Waals surface area contributed by atoms with E-state index in [-0.39, 0.29) is 42.7 Å². The van der Waals surface area contributed by atoms with Crippen LogP contribution in [0, 0.1) is 5.82 Å². The van der Waals surface area contributed by atoms with Crippen LogP contribution in [-0.2, 0) is 9.59 Å². The molecule has 1 spiro atoms. The van der Waals surface area contributed by atoms with Crippen LogP contribution in [0.15, 0.2) is 42.5 Å². The average molecular weight is 440 g/mol. The fourth-order valence-electron chi connectivity index (χ4n) is 4.18. The Bertz CT molecular complexity index is 1030. The number of fused-ring (bicyclic) bond motifs is 1. The quantitative estimate of drug-likeness (QED) is 0.768. The van der Waals surface area contributed by atoms with Crippen molar-refractivity contribution in [3.05, 3.63) is 53.8 Å². The van der Waals surface area contributed by atoms with Crippen LogP contribution in [0.4, 0.5) is 10.1 Å². The molecule has 0 aliphatic carbocycles. The van der Waals surface area contributed by atoms with E-state index in [9.17, 15) is 18.8 Å². The van der Waals surface area contributed by atoms with Gasteiger partial charge in [-0.3, -0.25) is 14.4 Å². The van der Waals surface area contributed by atoms with E-state index in [4.69, 9.17) is 9.47 Å². The molecule has 2 aromatic carbocycles. The van der Waals surface area contributed by atoms with Gasteiger partial charge in [0.05, 0.1) is 19.1 Å². The molecule has 2 heterocycles. The van der Waals surface area contributed by atoms with E-state index in [1.165, 1.54) is 24.3 Å². The maximum atomic E-state index is 12.9. The summed E-state index contributed by atoms with van der Waals surface area (Å²) < 4.78 is 24.4. The number of nitrogens with one attached hydrogen (secondary N) is 1. The zero-order chi connectivity index (χ0) is 22.7. The summed E-state index contributed by atoms with van der Waals surface area (Å²) in [7, 11) is 1.55. The predicted molar refractivity (Wildman–Crippen MR) is 115 cm³/mol. The van der Waals surface area contributed by atoms with Crippen LogP contribution in [0.5, 0.6) is 11.5 Å². The molecular formula is C24H25FN2O5. The van der Waals surface area contributed by atoms with Crippen LogP contribution in [0.3, 0.4) is 0 Å². The van der Waals surface area contributed by atoms with E-state index >= 15 is 0 Å². The molecule has 0 atom stereocenters. The molecule has 2 aliphatic heterocycles. The van der Waals surface area contributed by atoms with Gasteiger partial charge in [-0.25, -0.2) is 4.39 Å². The number of hydrogen-bond donors (Lipinski definition) is 1. The number of methoxy groups -OCH3 is 1. The number of ether oxygens (including phenoxy) is 2. The molecule has 168 valence electrons. The van der Waals surface area contributed by atoms with Crippen molar-refractivity contribution in [3.63, 3.8) is 0 Å². The minimum Gasteiger partial charge on any atom is -0.497 e. The topological polar surface area (TPSA) is 84.9 Å². The second-order valence-corrected chi connectivity index (χ2v) is 8.18. The van der Waals surface area contributed by atoms with Crippen molar-refractivity contribution in [2.24, 2.45) is 0 Å². The molecule has 2 aliphatic rings. The highest BCUT2D eigenvalue weighted by Gasteiger charge is 2.43. The van der Waals surface area contributed by atoms with Crippen molar-refractivity contribution in [2.45, 2.75) is 37.7 Å². The summed E-state index contributed by atoms with van der Waals surface area (Å²) in [6, 6.07) is 10.7. The smallest absolute Gasteiger partial charge is 0.224 e. The number of ketones is 1. The molecular weight excluding hydrogens is 415 g/mol. The first kappa shape index (κ1) is 21.8. The largest absolute Gasteiger partial charge is 0.497 e. The van der Waals surface area contributed by atoms with Gasteiger partial charge in [0.2, 0.25) is 11.8 Å². The maximum Gasteiger partial charge on any atom is 0.224 e. The lowest BCUT2D eigenvalue weighted by Gasteiger charge is -2.44. The van der Waals surface area contributed by atoms with E-state index in [1.807, 2.05) is 0 Å². The van der Waals surface area contributed by atoms with Crippen LogP contribution >= 0.6 is 0 Å². The Balaban J connectivity index is 1.28. The number of rotatable bonds is 5. The van der Waals surface area contributed by atoms with Crippen molar-refractivity contribution in [3.8, 4) is 11.5 Å². The number of benzene rings is 2. The third-order valence-corrected chi connectivity index (χ3v) is 6.02. The van der Waals surface area contributed by atoms with Crippen LogP contribution in [-0.4, -0.2) is 48.3 Å². The minimum absolute atomic E-state index is 0.0161. The summed E-state index contributed by atoms with van der Waals surface area (Å²) in [4.78, 5) is 39.1. The number of carbonyl (C=O) groups excluding carboxylic acids is 3. The Morgan fingerprint density at radius 2 is 1.84 bits per heavy atom. The summed E-state index contributed by atoms with van der Waals surface area (Å²) in [6.07, 6.45) is 1.51. The standard InChI is InChI=1S/C24H25FN2O5/c1-31-18-6-7-21-19(14-18)20(28)15-24(32-21)10-12-27(13-11-24)23(30)9-8-22(29)26-17-4-2-16(25)3-5-17/h2-7,14H,8-13,15H2,1H3,(H,26,29). The number of piperidine rings is 1. The first-order chi connectivity index (χ1) is 15.4. The fraction of sp³-hybridized carbons (Fsp3) is 0.375. The average Bonchev–Trinajstić information content (AvgIpc) is 2.79. The third-order valence-electron chi connectivity index (χ3n) is 6.02. The van der Waals surface area contributed by atoms with Crippen molar-refractivity contribution >= 4 is 23.3 Å². The number of nitrogens with zero attached hydrogens (tertiary/aromatic N) is 1. The molecule has 8 heteroatoms. The number of Topliss-reactive ketones (excluding diaryl/α,β-unsaturated/α-hetero) is 1. The molecule has 1 saturated heterocycles. The summed E-state index contributed by atoms with van der Waals surface area (Å²) in [5, 5.41) is 2.65. The summed E-state index contributed by atoms with van der Waals surface area (Å²) >= 11 is 0. The van der Waals surface area contributed by atoms with Crippen LogP contribution in [0.2, 0.25) is 0 Å². The van der Waals surface area contributed by atoms with Gasteiger partial charge in [-0.2, -0.15) is 0 Å². The number of halogens is 1. The third kappa shape index (κ3) is 4.74. The normalized spacial score (nSPS) is 16.8. The highest BCUT2D eigenvalue weighted by Crippen LogP contribution is 2.40. The molecule has 7 nitrogen and oxygen atoms in total. The Morgan fingerprint density at radius 1 is 1.12 bits per heavy atom. The van der Waals surface area contributed by atoms with Gasteiger partial charge in [0.15, 0.2) is 5.78 Å². The second-order valence-electron chi connectivity index (χ2n) is 8.18. The minimum atomic E-state index is -0.602. The highest BCUT2D eigenvalue weighted by atomic mass is 19.1. The lowest BCUT2D eigenvalue weighted by molar-refractivity contribution is -0.136. The molecule has 0 radical (unpaired) electrons. The molecule has 32 heavy (non-hydrogen) atoms. The van der Waals surface area contributed by atoms with E-state index in [2.05, 4.69) is 5.32 Å². The summed E-state index contributed by atoms with van der Waals surface area (Å²) in [6.45, 7) is 0.939. The summed E-state index contributed by atoms with van der Waals surface area (Å²) in [5.41, 5.74) is 0.413. The van der Waals surface area contributed by atoms with Crippen molar-refractivity contribution in [1.29, 1.82) is 0 Å². The van der Waals surface area contributed by atoms with Gasteiger partial charge in [-0.05, 0) is 42.5 Å². The Hall–Kier alpha value is -3.42. The van der Waals surface area contributed by atoms with Gasteiger partial charge in [0, 0.05) is 44.5 Å². The fourth-order valence-corrected chi connectivity index (χ4v) is 4.18. The monoisotopic (exact) mass is 440 g/mol. The Kier molecular flexibility index (Phi) is 6.12. The van der Waals surface area contributed by atoms with E-state index < -0.39 is 5.60 Å². The predicted octanol–water partition coefficient (Wildman–Crippen LogP) is 3.58. The molecule has 2 aromatic rings. The van der Waals surface area contributed by atoms with Crippen molar-refractivity contribution in [1.82, 2.24) is 4.90 Å². The molecule has 2 amide bonds. The van der Waals surface area contributed by atoms with Gasteiger partial charge in [-0.1, -0.05) is 0 Å².